The highest BCUT2D eigenvalue weighted by molar-refractivity contribution is 7.12. The summed E-state index contributed by atoms with van der Waals surface area (Å²) >= 11 is 1.48. The summed E-state index contributed by atoms with van der Waals surface area (Å²) in [6, 6.07) is 11.2. The van der Waals surface area contributed by atoms with E-state index in [9.17, 15) is 9.59 Å². The Morgan fingerprint density at radius 2 is 1.81 bits per heavy atom. The van der Waals surface area contributed by atoms with Gasteiger partial charge in [0.05, 0.1) is 4.88 Å². The average molecular weight is 373 g/mol. The summed E-state index contributed by atoms with van der Waals surface area (Å²) < 4.78 is 0. The molecule has 6 nitrogen and oxygen atoms in total. The third-order valence-corrected chi connectivity index (χ3v) is 5.54. The second-order valence-electron chi connectivity index (χ2n) is 6.72. The van der Waals surface area contributed by atoms with Gasteiger partial charge in [-0.3, -0.25) is 19.7 Å². The predicted molar refractivity (Wildman–Crippen MR) is 100 cm³/mol. The van der Waals surface area contributed by atoms with Gasteiger partial charge in [0.1, 0.15) is 0 Å². The van der Waals surface area contributed by atoms with Crippen LogP contribution < -0.4 is 5.48 Å². The largest absolute Gasteiger partial charge is 0.330 e. The highest BCUT2D eigenvalue weighted by Gasteiger charge is 2.33. The highest BCUT2D eigenvalue weighted by Crippen LogP contribution is 2.22. The average Bonchev–Trinajstić information content (AvgIpc) is 3.15. The fourth-order valence-electron chi connectivity index (χ4n) is 3.57. The molecule has 1 saturated heterocycles. The number of nitrogens with zero attached hydrogens (tertiary/aromatic N) is 2. The lowest BCUT2D eigenvalue weighted by molar-refractivity contribution is 0.0272. The number of benzene rings is 1. The van der Waals surface area contributed by atoms with Crippen LogP contribution >= 0.6 is 11.3 Å². The number of rotatable bonds is 4. The van der Waals surface area contributed by atoms with Crippen LogP contribution in [0.4, 0.5) is 0 Å². The standard InChI is InChI=1S/C19H23N3O3S/c1-13-10-21(12-15-5-7-16(8-6-15)18(23)20-25)11-14(2)22(13)19(24)17-4-3-9-26-17/h3-9,13-14,25H,10-12H2,1-2H3,(H,20,23). The summed E-state index contributed by atoms with van der Waals surface area (Å²) in [4.78, 5) is 29.2. The Hall–Kier alpha value is -2.22. The third kappa shape index (κ3) is 3.95. The molecule has 1 aliphatic heterocycles. The Morgan fingerprint density at radius 3 is 2.35 bits per heavy atom. The molecule has 2 amide bonds. The molecule has 0 spiro atoms. The number of nitrogens with one attached hydrogen (secondary N) is 1. The quantitative estimate of drug-likeness (QED) is 0.638. The molecule has 3 rings (SSSR count). The Balaban J connectivity index is 1.64. The number of piperazine rings is 1. The van der Waals surface area contributed by atoms with E-state index < -0.39 is 5.91 Å². The molecule has 0 aliphatic carbocycles. The summed E-state index contributed by atoms with van der Waals surface area (Å²) in [7, 11) is 0. The van der Waals surface area contributed by atoms with Crippen molar-refractivity contribution in [2.45, 2.75) is 32.5 Å². The molecule has 2 heterocycles. The maximum absolute atomic E-state index is 12.7. The van der Waals surface area contributed by atoms with E-state index in [2.05, 4.69) is 18.7 Å². The molecule has 1 aliphatic rings. The van der Waals surface area contributed by atoms with Crippen molar-refractivity contribution >= 4 is 23.2 Å². The van der Waals surface area contributed by atoms with Crippen LogP contribution in [0.25, 0.3) is 0 Å². The van der Waals surface area contributed by atoms with Gasteiger partial charge in [-0.05, 0) is 43.0 Å². The van der Waals surface area contributed by atoms with Gasteiger partial charge >= 0.3 is 0 Å². The van der Waals surface area contributed by atoms with Gasteiger partial charge in [0.2, 0.25) is 0 Å². The normalized spacial score (nSPS) is 20.8. The van der Waals surface area contributed by atoms with Gasteiger partial charge in [-0.1, -0.05) is 18.2 Å². The van der Waals surface area contributed by atoms with E-state index in [0.717, 1.165) is 30.1 Å². The van der Waals surface area contributed by atoms with Crippen molar-refractivity contribution in [3.63, 3.8) is 0 Å². The van der Waals surface area contributed by atoms with Crippen LogP contribution in [0.2, 0.25) is 0 Å². The fourth-order valence-corrected chi connectivity index (χ4v) is 4.24. The minimum Gasteiger partial charge on any atom is -0.330 e. The number of hydrogen-bond donors (Lipinski definition) is 2. The van der Waals surface area contributed by atoms with E-state index in [1.54, 1.807) is 17.6 Å². The molecule has 1 aromatic heterocycles. The smallest absolute Gasteiger partial charge is 0.274 e. The van der Waals surface area contributed by atoms with Gasteiger partial charge in [0.25, 0.3) is 11.8 Å². The van der Waals surface area contributed by atoms with E-state index in [1.165, 1.54) is 11.3 Å². The number of carbonyl (C=O) groups excluding carboxylic acids is 2. The first-order chi connectivity index (χ1) is 12.5. The monoisotopic (exact) mass is 373 g/mol. The van der Waals surface area contributed by atoms with Crippen molar-refractivity contribution in [2.24, 2.45) is 0 Å². The van der Waals surface area contributed by atoms with Gasteiger partial charge in [-0.2, -0.15) is 0 Å². The molecular weight excluding hydrogens is 350 g/mol. The van der Waals surface area contributed by atoms with Crippen LogP contribution in [0, 0.1) is 0 Å². The summed E-state index contributed by atoms with van der Waals surface area (Å²) in [5.41, 5.74) is 3.15. The van der Waals surface area contributed by atoms with E-state index in [-0.39, 0.29) is 18.0 Å². The van der Waals surface area contributed by atoms with Gasteiger partial charge < -0.3 is 4.90 Å². The molecule has 2 aromatic rings. The maximum atomic E-state index is 12.7. The van der Waals surface area contributed by atoms with Crippen LogP contribution in [0.3, 0.4) is 0 Å². The van der Waals surface area contributed by atoms with Crippen molar-refractivity contribution in [3.8, 4) is 0 Å². The molecule has 138 valence electrons. The van der Waals surface area contributed by atoms with Crippen molar-refractivity contribution in [1.29, 1.82) is 0 Å². The van der Waals surface area contributed by atoms with Crippen molar-refractivity contribution in [3.05, 3.63) is 57.8 Å². The lowest BCUT2D eigenvalue weighted by atomic mass is 10.1. The lowest BCUT2D eigenvalue weighted by Crippen LogP contribution is -2.58. The Bertz CT molecular complexity index is 749. The first-order valence-electron chi connectivity index (χ1n) is 8.61. The van der Waals surface area contributed by atoms with Crippen LogP contribution in [-0.2, 0) is 6.54 Å². The van der Waals surface area contributed by atoms with E-state index >= 15 is 0 Å². The Morgan fingerprint density at radius 1 is 1.15 bits per heavy atom. The minimum absolute atomic E-state index is 0.110. The third-order valence-electron chi connectivity index (χ3n) is 4.68. The van der Waals surface area contributed by atoms with Crippen LogP contribution in [0.15, 0.2) is 41.8 Å². The zero-order valence-corrected chi connectivity index (χ0v) is 15.7. The van der Waals surface area contributed by atoms with Crippen LogP contribution in [0.5, 0.6) is 0 Å². The maximum Gasteiger partial charge on any atom is 0.274 e. The first kappa shape index (κ1) is 18.6. The SMILES string of the molecule is CC1CN(Cc2ccc(C(=O)NO)cc2)CC(C)N1C(=O)c1cccs1. The van der Waals surface area contributed by atoms with E-state index in [4.69, 9.17) is 5.21 Å². The molecule has 0 radical (unpaired) electrons. The number of thiophene rings is 1. The topological polar surface area (TPSA) is 72.9 Å². The van der Waals surface area contributed by atoms with Gasteiger partial charge in [-0.15, -0.1) is 11.3 Å². The molecule has 0 bridgehead atoms. The fraction of sp³-hybridized carbons (Fsp3) is 0.368. The molecule has 2 unspecified atom stereocenters. The number of hydroxylamine groups is 1. The van der Waals surface area contributed by atoms with E-state index in [0.29, 0.717) is 5.56 Å². The molecule has 2 atom stereocenters. The molecule has 26 heavy (non-hydrogen) atoms. The van der Waals surface area contributed by atoms with Crippen molar-refractivity contribution in [1.82, 2.24) is 15.3 Å². The zero-order valence-electron chi connectivity index (χ0n) is 14.9. The first-order valence-corrected chi connectivity index (χ1v) is 9.49. The minimum atomic E-state index is -0.514. The van der Waals surface area contributed by atoms with Gasteiger partial charge in [-0.25, -0.2) is 5.48 Å². The number of hydrogen-bond acceptors (Lipinski definition) is 5. The lowest BCUT2D eigenvalue weighted by Gasteiger charge is -2.44. The Kier molecular flexibility index (Phi) is 5.70. The molecule has 2 N–H and O–H groups in total. The van der Waals surface area contributed by atoms with Crippen LogP contribution in [0.1, 0.15) is 39.4 Å². The number of carbonyl (C=O) groups is 2. The summed E-state index contributed by atoms with van der Waals surface area (Å²) in [6.45, 7) is 6.54. The number of amides is 2. The summed E-state index contributed by atoms with van der Waals surface area (Å²) in [5.74, 6) is -0.404. The van der Waals surface area contributed by atoms with E-state index in [1.807, 2.05) is 34.5 Å². The molecule has 0 saturated carbocycles. The van der Waals surface area contributed by atoms with Crippen molar-refractivity contribution in [2.75, 3.05) is 13.1 Å². The van der Waals surface area contributed by atoms with Crippen LogP contribution in [-0.4, -0.2) is 52.0 Å². The highest BCUT2D eigenvalue weighted by atomic mass is 32.1. The summed E-state index contributed by atoms with van der Waals surface area (Å²) in [5, 5.41) is 10.6. The van der Waals surface area contributed by atoms with Gasteiger partial charge in [0.15, 0.2) is 0 Å². The van der Waals surface area contributed by atoms with Crippen molar-refractivity contribution < 1.29 is 14.8 Å². The zero-order chi connectivity index (χ0) is 18.7. The van der Waals surface area contributed by atoms with Gasteiger partial charge in [0, 0.05) is 37.3 Å². The molecule has 7 heteroatoms. The molecule has 1 aromatic carbocycles. The second kappa shape index (κ2) is 7.99. The predicted octanol–water partition coefficient (Wildman–Crippen LogP) is 2.60. The second-order valence-corrected chi connectivity index (χ2v) is 7.67. The molecule has 1 fully saturated rings. The molecular formula is C19H23N3O3S. The Labute approximate surface area is 157 Å². The summed E-state index contributed by atoms with van der Waals surface area (Å²) in [6.07, 6.45) is 0.